The molecule has 1 heterocycles. The molecule has 1 aromatic heterocycles. The summed E-state index contributed by atoms with van der Waals surface area (Å²) in [7, 11) is -2.29. The molecule has 2 aromatic carbocycles. The van der Waals surface area contributed by atoms with Gasteiger partial charge >= 0.3 is 0 Å². The van der Waals surface area contributed by atoms with E-state index in [0.717, 1.165) is 5.56 Å². The number of methoxy groups -OCH3 is 1. The highest BCUT2D eigenvalue weighted by Gasteiger charge is 2.20. The number of benzene rings is 2. The molecule has 3 aromatic rings. The fourth-order valence-electron chi connectivity index (χ4n) is 2.69. The molecule has 0 saturated heterocycles. The topological polar surface area (TPSA) is 94.3 Å². The van der Waals surface area contributed by atoms with Crippen LogP contribution in [-0.4, -0.2) is 25.7 Å². The van der Waals surface area contributed by atoms with Crippen LogP contribution in [0, 0.1) is 0 Å². The van der Waals surface area contributed by atoms with Gasteiger partial charge in [0.1, 0.15) is 5.75 Å². The summed E-state index contributed by atoms with van der Waals surface area (Å²) >= 11 is 0. The van der Waals surface area contributed by atoms with Crippen molar-refractivity contribution in [3.63, 3.8) is 0 Å². The molecule has 1 N–H and O–H groups in total. The van der Waals surface area contributed by atoms with E-state index in [2.05, 4.69) is 28.7 Å². The molecule has 8 heteroatoms. The first-order chi connectivity index (χ1) is 13.3. The van der Waals surface area contributed by atoms with Crippen LogP contribution in [0.1, 0.15) is 38.1 Å². The molecule has 0 aliphatic rings. The minimum absolute atomic E-state index is 0.0825. The first-order valence-corrected chi connectivity index (χ1v) is 10.5. The van der Waals surface area contributed by atoms with Crippen molar-refractivity contribution in [1.29, 1.82) is 0 Å². The monoisotopic (exact) mass is 401 g/mol. The van der Waals surface area contributed by atoms with Gasteiger partial charge in [-0.05, 0) is 41.8 Å². The van der Waals surface area contributed by atoms with Crippen LogP contribution in [0.3, 0.4) is 0 Å². The molecular weight excluding hydrogens is 378 g/mol. The number of nitrogens with one attached hydrogen (secondary N) is 1. The van der Waals surface area contributed by atoms with E-state index in [9.17, 15) is 8.42 Å². The highest BCUT2D eigenvalue weighted by molar-refractivity contribution is 7.92. The third kappa shape index (κ3) is 4.17. The van der Waals surface area contributed by atoms with E-state index in [-0.39, 0.29) is 10.7 Å². The van der Waals surface area contributed by atoms with E-state index in [1.807, 2.05) is 19.1 Å². The van der Waals surface area contributed by atoms with Crippen molar-refractivity contribution >= 4 is 15.7 Å². The lowest BCUT2D eigenvalue weighted by atomic mass is 10.0. The molecule has 0 radical (unpaired) electrons. The maximum Gasteiger partial charge on any atom is 0.261 e. The van der Waals surface area contributed by atoms with Gasteiger partial charge < -0.3 is 9.26 Å². The lowest BCUT2D eigenvalue weighted by Gasteiger charge is -2.12. The van der Waals surface area contributed by atoms with Crippen LogP contribution >= 0.6 is 0 Å². The molecule has 3 rings (SSSR count). The first kappa shape index (κ1) is 19.9. The minimum atomic E-state index is -3.79. The normalized spacial score (nSPS) is 11.6. The van der Waals surface area contributed by atoms with Crippen LogP contribution in [0.25, 0.3) is 11.4 Å². The molecule has 148 valence electrons. The van der Waals surface area contributed by atoms with Gasteiger partial charge in [-0.3, -0.25) is 4.72 Å². The molecule has 0 amide bonds. The van der Waals surface area contributed by atoms with E-state index in [1.54, 1.807) is 18.2 Å². The maximum absolute atomic E-state index is 12.8. The van der Waals surface area contributed by atoms with Crippen LogP contribution in [0.2, 0.25) is 0 Å². The molecule has 0 spiro atoms. The van der Waals surface area contributed by atoms with Crippen LogP contribution < -0.4 is 9.46 Å². The second-order valence-corrected chi connectivity index (χ2v) is 8.29. The Kier molecular flexibility index (Phi) is 5.69. The van der Waals surface area contributed by atoms with Crippen molar-refractivity contribution in [3.05, 3.63) is 53.9 Å². The first-order valence-electron chi connectivity index (χ1n) is 8.97. The zero-order chi connectivity index (χ0) is 20.3. The number of nitrogens with zero attached hydrogens (tertiary/aromatic N) is 2. The zero-order valence-corrected chi connectivity index (χ0v) is 17.1. The number of sulfonamides is 1. The summed E-state index contributed by atoms with van der Waals surface area (Å²) < 4.78 is 38.8. The Bertz CT molecular complexity index is 1060. The van der Waals surface area contributed by atoms with Crippen molar-refractivity contribution in [2.24, 2.45) is 0 Å². The van der Waals surface area contributed by atoms with Crippen molar-refractivity contribution in [2.75, 3.05) is 11.8 Å². The summed E-state index contributed by atoms with van der Waals surface area (Å²) in [5.74, 6) is 1.59. The van der Waals surface area contributed by atoms with Gasteiger partial charge in [0.05, 0.1) is 17.6 Å². The average molecular weight is 401 g/mol. The molecule has 0 saturated carbocycles. The molecule has 0 unspecified atom stereocenters. The van der Waals surface area contributed by atoms with Crippen molar-refractivity contribution in [1.82, 2.24) is 10.1 Å². The molecule has 0 fully saturated rings. The predicted molar refractivity (Wildman–Crippen MR) is 107 cm³/mol. The van der Waals surface area contributed by atoms with Gasteiger partial charge in [0.25, 0.3) is 10.0 Å². The minimum Gasteiger partial charge on any atom is -0.496 e. The Hall–Kier alpha value is -2.87. The summed E-state index contributed by atoms with van der Waals surface area (Å²) in [6.45, 7) is 6.06. The molecule has 0 atom stereocenters. The van der Waals surface area contributed by atoms with E-state index < -0.39 is 10.0 Å². The van der Waals surface area contributed by atoms with E-state index in [0.29, 0.717) is 35.2 Å². The van der Waals surface area contributed by atoms with Crippen molar-refractivity contribution in [3.8, 4) is 17.1 Å². The highest BCUT2D eigenvalue weighted by atomic mass is 32.2. The Morgan fingerprint density at radius 1 is 1.14 bits per heavy atom. The highest BCUT2D eigenvalue weighted by Crippen LogP contribution is 2.31. The molecule has 7 nitrogen and oxygen atoms in total. The zero-order valence-electron chi connectivity index (χ0n) is 16.3. The standard InChI is InChI=1S/C20H23N3O4S/c1-5-19-21-20(22-27-19)17-12-16(10-11-18(17)26-4)28(24,25)23-15-8-6-14(7-9-15)13(2)3/h6-13,23H,5H2,1-4H3. The third-order valence-electron chi connectivity index (χ3n) is 4.32. The van der Waals surface area contributed by atoms with Crippen LogP contribution in [0.4, 0.5) is 5.69 Å². The van der Waals surface area contributed by atoms with Crippen LogP contribution in [0.15, 0.2) is 51.9 Å². The van der Waals surface area contributed by atoms with Gasteiger partial charge in [-0.15, -0.1) is 0 Å². The number of hydrogen-bond acceptors (Lipinski definition) is 6. The molecule has 28 heavy (non-hydrogen) atoms. The Balaban J connectivity index is 1.94. The van der Waals surface area contributed by atoms with Crippen molar-refractivity contribution in [2.45, 2.75) is 38.0 Å². The summed E-state index contributed by atoms with van der Waals surface area (Å²) in [5, 5.41) is 3.92. The van der Waals surface area contributed by atoms with Gasteiger partial charge in [-0.1, -0.05) is 38.1 Å². The SMILES string of the molecule is CCc1nc(-c2cc(S(=O)(=O)Nc3ccc(C(C)C)cc3)ccc2OC)no1. The number of aryl methyl sites for hydroxylation is 1. The molecular formula is C20H23N3O4S. The number of hydrogen-bond donors (Lipinski definition) is 1. The third-order valence-corrected chi connectivity index (χ3v) is 5.70. The quantitative estimate of drug-likeness (QED) is 0.637. The number of anilines is 1. The second-order valence-electron chi connectivity index (χ2n) is 6.61. The van der Waals surface area contributed by atoms with Crippen LogP contribution in [0.5, 0.6) is 5.75 Å². The number of aromatic nitrogens is 2. The lowest BCUT2D eigenvalue weighted by molar-refractivity contribution is 0.382. The Labute approximate surface area is 164 Å². The number of rotatable bonds is 7. The summed E-state index contributed by atoms with van der Waals surface area (Å²) in [4.78, 5) is 4.35. The maximum atomic E-state index is 12.8. The van der Waals surface area contributed by atoms with E-state index in [1.165, 1.54) is 19.2 Å². The fourth-order valence-corrected chi connectivity index (χ4v) is 3.77. The summed E-state index contributed by atoms with van der Waals surface area (Å²) in [5.41, 5.74) is 2.08. The number of ether oxygens (including phenoxy) is 1. The summed E-state index contributed by atoms with van der Waals surface area (Å²) in [6.07, 6.45) is 0.585. The fraction of sp³-hybridized carbons (Fsp3) is 0.300. The predicted octanol–water partition coefficient (Wildman–Crippen LogP) is 4.23. The van der Waals surface area contributed by atoms with Gasteiger partial charge in [-0.2, -0.15) is 4.98 Å². The van der Waals surface area contributed by atoms with Gasteiger partial charge in [0, 0.05) is 12.1 Å². The van der Waals surface area contributed by atoms with E-state index in [4.69, 9.17) is 9.26 Å². The Morgan fingerprint density at radius 2 is 1.86 bits per heavy atom. The smallest absolute Gasteiger partial charge is 0.261 e. The van der Waals surface area contributed by atoms with Crippen molar-refractivity contribution < 1.29 is 17.7 Å². The van der Waals surface area contributed by atoms with Gasteiger partial charge in [-0.25, -0.2) is 8.42 Å². The van der Waals surface area contributed by atoms with E-state index >= 15 is 0 Å². The largest absolute Gasteiger partial charge is 0.496 e. The van der Waals surface area contributed by atoms with Gasteiger partial charge in [0.15, 0.2) is 0 Å². The Morgan fingerprint density at radius 3 is 2.43 bits per heavy atom. The second kappa shape index (κ2) is 8.02. The van der Waals surface area contributed by atoms with Gasteiger partial charge in [0.2, 0.25) is 11.7 Å². The average Bonchev–Trinajstić information content (AvgIpc) is 3.16. The molecule has 0 bridgehead atoms. The van der Waals surface area contributed by atoms with Crippen LogP contribution in [-0.2, 0) is 16.4 Å². The molecule has 0 aliphatic carbocycles. The lowest BCUT2D eigenvalue weighted by Crippen LogP contribution is -2.13. The molecule has 0 aliphatic heterocycles. The summed E-state index contributed by atoms with van der Waals surface area (Å²) in [6, 6.07) is 11.9.